The van der Waals surface area contributed by atoms with Crippen LogP contribution in [0, 0.1) is 0 Å². The molecule has 0 aromatic carbocycles. The Hall–Kier alpha value is -1.15. The number of hydrogen-bond acceptors (Lipinski definition) is 20. The first-order valence-corrected chi connectivity index (χ1v) is 15.9. The molecule has 0 aliphatic rings. The third-order valence-corrected chi connectivity index (χ3v) is 6.43. The molecule has 72 heavy (non-hydrogen) atoms. The SMILES string of the molecule is O=C(O)CC(O)(CC(=O)O)C(=O)O.O=C(O)CC(O)(CC(=O)O)C(=O)O.O=C(O)CC(O)(CC(=O)O)C(=O)O.O=C(O)CC(O)(CC(=O)O)C(=O)O.O=C(O)CC(O)(CC(=O)O)C(=O)O.[H-].[H-].[H-].[H-].[H-].[H-].[H-].[Na+].[Na+].[Na+].[Na+].[Na+].[Na+].[Na+]. The van der Waals surface area contributed by atoms with Crippen LogP contribution in [0.5, 0.6) is 0 Å². The minimum absolute atomic E-state index is 0. The maximum absolute atomic E-state index is 10.3. The van der Waals surface area contributed by atoms with Crippen LogP contribution >= 0.6 is 0 Å². The molecule has 20 N–H and O–H groups in total. The average Bonchev–Trinajstić information content (AvgIpc) is 3.01. The van der Waals surface area contributed by atoms with E-state index in [0.717, 1.165) is 0 Å². The number of carboxylic acid groups (broad SMARTS) is 15. The first kappa shape index (κ1) is 99.8. The van der Waals surface area contributed by atoms with E-state index in [1.54, 1.807) is 0 Å². The predicted octanol–water partition coefficient (Wildman–Crippen LogP) is -26.4. The third kappa shape index (κ3) is 51.0. The fourth-order valence-corrected chi connectivity index (χ4v) is 3.57. The van der Waals surface area contributed by atoms with Crippen LogP contribution in [0.25, 0.3) is 0 Å². The van der Waals surface area contributed by atoms with Gasteiger partial charge in [-0.05, 0) is 0 Å². The van der Waals surface area contributed by atoms with E-state index in [-0.39, 0.29) is 217 Å². The molecule has 0 amide bonds. The summed E-state index contributed by atoms with van der Waals surface area (Å²) in [5.41, 5.74) is -13.7. The van der Waals surface area contributed by atoms with Gasteiger partial charge in [-0.3, -0.25) is 47.9 Å². The van der Waals surface area contributed by atoms with Gasteiger partial charge < -0.3 is 112 Å². The Morgan fingerprint density at radius 2 is 0.250 bits per heavy atom. The molecule has 0 bridgehead atoms. The van der Waals surface area contributed by atoms with Crippen molar-refractivity contribution in [3.05, 3.63) is 0 Å². The molecule has 0 saturated heterocycles. The molecule has 0 aliphatic carbocycles. The molecule has 0 aliphatic heterocycles. The number of rotatable bonds is 25. The van der Waals surface area contributed by atoms with Gasteiger partial charge in [0.2, 0.25) is 0 Å². The Labute approximate surface area is 565 Å². The van der Waals surface area contributed by atoms with E-state index in [2.05, 4.69) is 0 Å². The van der Waals surface area contributed by atoms with E-state index in [4.69, 9.17) is 102 Å². The molecule has 0 radical (unpaired) electrons. The van der Waals surface area contributed by atoms with Gasteiger partial charge in [0.05, 0.1) is 64.2 Å². The van der Waals surface area contributed by atoms with Gasteiger partial charge in [0.25, 0.3) is 0 Å². The summed E-state index contributed by atoms with van der Waals surface area (Å²) in [7, 11) is 0. The summed E-state index contributed by atoms with van der Waals surface area (Å²) in [5.74, 6) is -25.1. The molecule has 0 spiro atoms. The van der Waals surface area contributed by atoms with Crippen LogP contribution in [0.1, 0.15) is 74.2 Å². The quantitative estimate of drug-likeness (QED) is 0.0378. The fraction of sp³-hybridized carbons (Fsp3) is 0.500. The monoisotopic (exact) mass is 1130 g/mol. The topological polar surface area (TPSA) is 661 Å². The van der Waals surface area contributed by atoms with Gasteiger partial charge in [-0.15, -0.1) is 0 Å². The summed E-state index contributed by atoms with van der Waals surface area (Å²) < 4.78 is 0. The van der Waals surface area contributed by atoms with Gasteiger partial charge in [-0.2, -0.15) is 0 Å². The van der Waals surface area contributed by atoms with E-state index >= 15 is 0 Å². The van der Waals surface area contributed by atoms with Gasteiger partial charge >= 0.3 is 296 Å². The van der Waals surface area contributed by atoms with Gasteiger partial charge in [-0.25, -0.2) is 24.0 Å². The molecule has 384 valence electrons. The molecule has 0 fully saturated rings. The molecule has 0 aromatic heterocycles. The summed E-state index contributed by atoms with van der Waals surface area (Å²) in [4.78, 5) is 152. The molecule has 0 atom stereocenters. The standard InChI is InChI=1S/5C6H8O7.7Na.7H/c5*7-3(8)1-6(13,5(11)12)2-4(9)10;;;;;;;;;;;;;;/h5*13H,1-2H2,(H,7,8)(H,9,10)(H,11,12);;;;;;;;;;;;;;/q;;;;;7*+1;7*-1. The Balaban J connectivity index is -0.0000000321. The van der Waals surface area contributed by atoms with Crippen molar-refractivity contribution in [3.8, 4) is 0 Å². The Morgan fingerprint density at radius 1 is 0.194 bits per heavy atom. The number of aliphatic hydroxyl groups is 5. The average molecular weight is 1130 g/mol. The van der Waals surface area contributed by atoms with Crippen molar-refractivity contribution in [1.29, 1.82) is 0 Å². The normalized spacial score (nSPS) is 9.79. The summed E-state index contributed by atoms with van der Waals surface area (Å²) in [6.07, 6.45) is -11.4. The maximum Gasteiger partial charge on any atom is 1.00 e. The summed E-state index contributed by atoms with van der Waals surface area (Å²) in [6.45, 7) is 0. The molecular formula is C30H47Na7O35. The van der Waals surface area contributed by atoms with Crippen LogP contribution in [0.2, 0.25) is 0 Å². The van der Waals surface area contributed by atoms with Crippen molar-refractivity contribution in [2.75, 3.05) is 0 Å². The zero-order valence-electron chi connectivity index (χ0n) is 46.1. The molecule has 0 rings (SSSR count). The Bertz CT molecular complexity index is 1510. The van der Waals surface area contributed by atoms with Crippen LogP contribution in [-0.2, 0) is 71.9 Å². The van der Waals surface area contributed by atoms with E-state index in [0.29, 0.717) is 0 Å². The van der Waals surface area contributed by atoms with Crippen LogP contribution in [-0.4, -0.2) is 220 Å². The summed E-state index contributed by atoms with van der Waals surface area (Å²) in [5, 5.41) is 169. The first-order chi connectivity index (χ1) is 28.9. The van der Waals surface area contributed by atoms with Crippen molar-refractivity contribution in [1.82, 2.24) is 0 Å². The van der Waals surface area contributed by atoms with Gasteiger partial charge in [0, 0.05) is 0 Å². The van der Waals surface area contributed by atoms with Crippen LogP contribution in [0.15, 0.2) is 0 Å². The van der Waals surface area contributed by atoms with Crippen LogP contribution < -0.4 is 207 Å². The molecule has 0 heterocycles. The summed E-state index contributed by atoms with van der Waals surface area (Å²) in [6, 6.07) is 0. The first-order valence-electron chi connectivity index (χ1n) is 15.9. The predicted molar refractivity (Wildman–Crippen MR) is 193 cm³/mol. The van der Waals surface area contributed by atoms with Crippen LogP contribution in [0.3, 0.4) is 0 Å². The minimum Gasteiger partial charge on any atom is -1.00 e. The smallest absolute Gasteiger partial charge is 1.00 e. The van der Waals surface area contributed by atoms with E-state index in [1.165, 1.54) is 0 Å². The number of aliphatic carboxylic acids is 15. The number of carbonyl (C=O) groups is 15. The molecule has 42 heteroatoms. The van der Waals surface area contributed by atoms with E-state index < -0.39 is 182 Å². The van der Waals surface area contributed by atoms with Crippen molar-refractivity contribution in [2.45, 2.75) is 92.2 Å². The third-order valence-electron chi connectivity index (χ3n) is 6.43. The second-order valence-corrected chi connectivity index (χ2v) is 12.4. The van der Waals surface area contributed by atoms with Crippen molar-refractivity contribution < 1.29 is 391 Å². The molecule has 0 aromatic rings. The second kappa shape index (κ2) is 47.1. The molecular weight excluding hydrogens is 1080 g/mol. The van der Waals surface area contributed by atoms with Gasteiger partial charge in [0.1, 0.15) is 0 Å². The zero-order chi connectivity index (χ0) is 53.2. The van der Waals surface area contributed by atoms with Gasteiger partial charge in [-0.1, -0.05) is 0 Å². The summed E-state index contributed by atoms with van der Waals surface area (Å²) >= 11 is 0. The maximum atomic E-state index is 10.3. The van der Waals surface area contributed by atoms with Crippen molar-refractivity contribution in [3.63, 3.8) is 0 Å². The minimum atomic E-state index is -2.74. The number of hydrogen-bond donors (Lipinski definition) is 20. The number of carboxylic acids is 15. The fourth-order valence-electron chi connectivity index (χ4n) is 3.57. The Morgan fingerprint density at radius 3 is 0.278 bits per heavy atom. The molecule has 0 saturated carbocycles. The van der Waals surface area contributed by atoms with E-state index in [1.807, 2.05) is 0 Å². The van der Waals surface area contributed by atoms with E-state index in [9.17, 15) is 71.9 Å². The second-order valence-electron chi connectivity index (χ2n) is 12.4. The molecule has 35 nitrogen and oxygen atoms in total. The zero-order valence-corrected chi connectivity index (χ0v) is 53.1. The largest absolute Gasteiger partial charge is 1.00 e. The molecule has 0 unspecified atom stereocenters. The van der Waals surface area contributed by atoms with Gasteiger partial charge in [0.15, 0.2) is 28.0 Å². The van der Waals surface area contributed by atoms with Crippen molar-refractivity contribution in [2.24, 2.45) is 0 Å². The van der Waals surface area contributed by atoms with Crippen molar-refractivity contribution >= 4 is 89.5 Å². The Kier molecular flexibility index (Phi) is 65.3. The van der Waals surface area contributed by atoms with Crippen LogP contribution in [0.4, 0.5) is 0 Å².